The number of aliphatic hydroxyl groups excluding tert-OH is 1. The summed E-state index contributed by atoms with van der Waals surface area (Å²) in [7, 11) is 0. The number of amides is 2. The summed E-state index contributed by atoms with van der Waals surface area (Å²) in [6.07, 6.45) is 3.88. The third-order valence-electron chi connectivity index (χ3n) is 6.66. The lowest BCUT2D eigenvalue weighted by atomic mass is 9.86. The zero-order valence-electron chi connectivity index (χ0n) is 24.8. The van der Waals surface area contributed by atoms with Crippen LogP contribution >= 0.6 is 0 Å². The first kappa shape index (κ1) is 33.0. The fraction of sp³-hybridized carbons (Fsp3) is 0.613. The molecule has 0 aromatic heterocycles. The second kappa shape index (κ2) is 15.0. The van der Waals surface area contributed by atoms with Crippen molar-refractivity contribution >= 4 is 23.8 Å². The van der Waals surface area contributed by atoms with Crippen molar-refractivity contribution in [3.63, 3.8) is 0 Å². The molecule has 0 fully saturated rings. The van der Waals surface area contributed by atoms with E-state index in [1.165, 1.54) is 0 Å². The van der Waals surface area contributed by atoms with Crippen molar-refractivity contribution < 1.29 is 33.8 Å². The monoisotopic (exact) mass is 558 g/mol. The highest BCUT2D eigenvalue weighted by molar-refractivity contribution is 5.86. The van der Waals surface area contributed by atoms with Gasteiger partial charge in [-0.15, -0.1) is 0 Å². The lowest BCUT2D eigenvalue weighted by molar-refractivity contribution is -0.162. The molecule has 40 heavy (non-hydrogen) atoms. The molecule has 1 heterocycles. The Morgan fingerprint density at radius 3 is 2.20 bits per heavy atom. The predicted molar refractivity (Wildman–Crippen MR) is 152 cm³/mol. The quantitative estimate of drug-likeness (QED) is 0.368. The molecule has 2 N–H and O–H groups in total. The molecule has 9 nitrogen and oxygen atoms in total. The standard InChI is InChI=1S/C31H46N2O7/c1-30(2,3)25-21-39-29(38)24(19-27(36)40-31(4,5)6)15-11-10-14-23(28(37)32-25)18-26(35)33(16-17-34)20-22-12-8-7-9-13-22/h7-13,23-25,34H,14-21H2,1-6H3,(H,32,37)/b11-10-/t23-,24-,25+/m1/s1. The van der Waals surface area contributed by atoms with Crippen LogP contribution in [0.25, 0.3) is 0 Å². The number of ether oxygens (including phenoxy) is 2. The first-order valence-corrected chi connectivity index (χ1v) is 14.0. The van der Waals surface area contributed by atoms with E-state index in [1.54, 1.807) is 37.8 Å². The zero-order valence-corrected chi connectivity index (χ0v) is 24.8. The number of esters is 2. The summed E-state index contributed by atoms with van der Waals surface area (Å²) in [6.45, 7) is 11.3. The van der Waals surface area contributed by atoms with Crippen LogP contribution in [0.2, 0.25) is 0 Å². The second-order valence-electron chi connectivity index (χ2n) is 12.4. The summed E-state index contributed by atoms with van der Waals surface area (Å²) < 4.78 is 11.0. The normalized spacial score (nSPS) is 21.7. The van der Waals surface area contributed by atoms with Crippen LogP contribution in [0.5, 0.6) is 0 Å². The number of aliphatic hydroxyl groups is 1. The number of nitrogens with one attached hydrogen (secondary N) is 1. The molecule has 3 atom stereocenters. The van der Waals surface area contributed by atoms with Crippen molar-refractivity contribution in [1.82, 2.24) is 10.2 Å². The molecule has 0 saturated carbocycles. The summed E-state index contributed by atoms with van der Waals surface area (Å²) in [4.78, 5) is 53.7. The third kappa shape index (κ3) is 11.5. The van der Waals surface area contributed by atoms with Crippen LogP contribution < -0.4 is 5.32 Å². The average Bonchev–Trinajstić information content (AvgIpc) is 2.85. The highest BCUT2D eigenvalue weighted by Gasteiger charge is 2.33. The summed E-state index contributed by atoms with van der Waals surface area (Å²) in [6, 6.07) is 8.97. The maximum absolute atomic E-state index is 13.4. The lowest BCUT2D eigenvalue weighted by Gasteiger charge is -2.33. The Kier molecular flexibility index (Phi) is 12.4. The molecule has 1 aromatic carbocycles. The molecule has 9 heteroatoms. The Labute approximate surface area is 238 Å². The number of hydrogen-bond acceptors (Lipinski definition) is 7. The molecule has 0 spiro atoms. The molecule has 1 aliphatic heterocycles. The van der Waals surface area contributed by atoms with E-state index in [9.17, 15) is 24.3 Å². The van der Waals surface area contributed by atoms with Gasteiger partial charge >= 0.3 is 11.9 Å². The van der Waals surface area contributed by atoms with Gasteiger partial charge in [0.05, 0.1) is 30.9 Å². The van der Waals surface area contributed by atoms with Crippen molar-refractivity contribution in [2.75, 3.05) is 19.8 Å². The van der Waals surface area contributed by atoms with Crippen molar-refractivity contribution in [1.29, 1.82) is 0 Å². The summed E-state index contributed by atoms with van der Waals surface area (Å²) >= 11 is 0. The maximum Gasteiger partial charge on any atom is 0.309 e. The molecule has 2 rings (SSSR count). The van der Waals surface area contributed by atoms with Crippen LogP contribution in [0.1, 0.15) is 72.8 Å². The molecular formula is C31H46N2O7. The molecule has 1 aromatic rings. The van der Waals surface area contributed by atoms with Gasteiger partial charge in [0.1, 0.15) is 12.2 Å². The zero-order chi connectivity index (χ0) is 29.9. The minimum atomic E-state index is -0.729. The Balaban J connectivity index is 2.25. The van der Waals surface area contributed by atoms with Crippen molar-refractivity contribution in [3.8, 4) is 0 Å². The van der Waals surface area contributed by atoms with E-state index in [0.29, 0.717) is 6.54 Å². The van der Waals surface area contributed by atoms with Gasteiger partial charge in [-0.25, -0.2) is 0 Å². The molecule has 0 unspecified atom stereocenters. The van der Waals surface area contributed by atoms with E-state index in [0.717, 1.165) is 5.56 Å². The van der Waals surface area contributed by atoms with E-state index < -0.39 is 40.8 Å². The van der Waals surface area contributed by atoms with Crippen LogP contribution in [0.15, 0.2) is 42.5 Å². The fourth-order valence-corrected chi connectivity index (χ4v) is 4.29. The van der Waals surface area contributed by atoms with Gasteiger partial charge in [-0.2, -0.15) is 0 Å². The maximum atomic E-state index is 13.4. The summed E-state index contributed by atoms with van der Waals surface area (Å²) in [5.41, 5.74) is -0.187. The highest BCUT2D eigenvalue weighted by atomic mass is 16.6. The Hall–Kier alpha value is -3.20. The van der Waals surface area contributed by atoms with Crippen molar-refractivity contribution in [3.05, 3.63) is 48.0 Å². The van der Waals surface area contributed by atoms with Crippen LogP contribution in [0.4, 0.5) is 0 Å². The minimum absolute atomic E-state index is 0.0407. The van der Waals surface area contributed by atoms with Crippen LogP contribution in [-0.2, 0) is 35.2 Å². The van der Waals surface area contributed by atoms with Crippen LogP contribution in [0.3, 0.4) is 0 Å². The van der Waals surface area contributed by atoms with E-state index in [1.807, 2.05) is 51.1 Å². The smallest absolute Gasteiger partial charge is 0.309 e. The summed E-state index contributed by atoms with van der Waals surface area (Å²) in [5.74, 6) is -2.94. The first-order valence-electron chi connectivity index (χ1n) is 14.0. The molecular weight excluding hydrogens is 512 g/mol. The lowest BCUT2D eigenvalue weighted by Crippen LogP contribution is -2.50. The molecule has 0 saturated heterocycles. The Bertz CT molecular complexity index is 1020. The van der Waals surface area contributed by atoms with Crippen molar-refractivity contribution in [2.45, 2.75) is 85.4 Å². The average molecular weight is 559 g/mol. The third-order valence-corrected chi connectivity index (χ3v) is 6.66. The number of carbonyl (C=O) groups excluding carboxylic acids is 4. The van der Waals surface area contributed by atoms with Crippen LogP contribution in [0, 0.1) is 17.3 Å². The summed E-state index contributed by atoms with van der Waals surface area (Å²) in [5, 5.41) is 12.6. The van der Waals surface area contributed by atoms with Gasteiger partial charge < -0.3 is 24.8 Å². The number of carbonyl (C=O) groups is 4. The largest absolute Gasteiger partial charge is 0.463 e. The van der Waals surface area contributed by atoms with Gasteiger partial charge in [0.15, 0.2) is 0 Å². The van der Waals surface area contributed by atoms with Gasteiger partial charge in [0.25, 0.3) is 0 Å². The van der Waals surface area contributed by atoms with Crippen molar-refractivity contribution in [2.24, 2.45) is 17.3 Å². The van der Waals surface area contributed by atoms with E-state index in [-0.39, 0.29) is 57.3 Å². The Morgan fingerprint density at radius 2 is 1.62 bits per heavy atom. The number of nitrogens with zero attached hydrogens (tertiary/aromatic N) is 1. The SMILES string of the molecule is CC(C)(C)OC(=O)C[C@H]1C/C=C\C[C@H](CC(=O)N(CCO)Cc2ccccc2)C(=O)N[C@H](C(C)(C)C)COC1=O. The highest BCUT2D eigenvalue weighted by Crippen LogP contribution is 2.24. The number of hydrogen-bond donors (Lipinski definition) is 2. The van der Waals surface area contributed by atoms with Gasteiger partial charge in [0, 0.05) is 19.5 Å². The molecule has 222 valence electrons. The topological polar surface area (TPSA) is 122 Å². The number of cyclic esters (lactones) is 1. The van der Waals surface area contributed by atoms with Crippen LogP contribution in [-0.4, -0.2) is 65.2 Å². The molecule has 0 radical (unpaired) electrons. The number of rotatable bonds is 8. The fourth-order valence-electron chi connectivity index (χ4n) is 4.29. The number of allylic oxidation sites excluding steroid dienone is 2. The molecule has 0 bridgehead atoms. The van der Waals surface area contributed by atoms with Gasteiger partial charge in [0.2, 0.25) is 11.8 Å². The van der Waals surface area contributed by atoms with E-state index >= 15 is 0 Å². The van der Waals surface area contributed by atoms with Gasteiger partial charge in [-0.05, 0) is 44.6 Å². The predicted octanol–water partition coefficient (Wildman–Crippen LogP) is 3.79. The number of benzene rings is 1. The van der Waals surface area contributed by atoms with Gasteiger partial charge in [-0.1, -0.05) is 63.3 Å². The molecule has 1 aliphatic rings. The second-order valence-corrected chi connectivity index (χ2v) is 12.4. The molecule has 0 aliphatic carbocycles. The Morgan fingerprint density at radius 1 is 1.00 bits per heavy atom. The molecule has 2 amide bonds. The van der Waals surface area contributed by atoms with E-state index in [2.05, 4.69) is 5.32 Å². The van der Waals surface area contributed by atoms with Gasteiger partial charge in [-0.3, -0.25) is 19.2 Å². The minimum Gasteiger partial charge on any atom is -0.463 e. The van der Waals surface area contributed by atoms with E-state index in [4.69, 9.17) is 9.47 Å². The first-order chi connectivity index (χ1) is 18.7.